The fraction of sp³-hybridized carbons (Fsp3) is 0.278. The second-order valence-corrected chi connectivity index (χ2v) is 5.88. The molecule has 1 aliphatic heterocycles. The molecule has 1 fully saturated rings. The summed E-state index contributed by atoms with van der Waals surface area (Å²) in [7, 11) is 0. The molecular formula is C18H18N2O3. The first-order valence-electron chi connectivity index (χ1n) is 7.71. The third-order valence-electron chi connectivity index (χ3n) is 4.36. The van der Waals surface area contributed by atoms with Crippen molar-refractivity contribution in [3.8, 4) is 11.3 Å². The van der Waals surface area contributed by atoms with Gasteiger partial charge in [-0.25, -0.2) is 4.98 Å². The van der Waals surface area contributed by atoms with E-state index in [0.29, 0.717) is 6.42 Å². The van der Waals surface area contributed by atoms with Crippen molar-refractivity contribution in [2.45, 2.75) is 24.9 Å². The van der Waals surface area contributed by atoms with Crippen LogP contribution in [0.25, 0.3) is 22.0 Å². The Morgan fingerprint density at radius 1 is 1.17 bits per heavy atom. The van der Waals surface area contributed by atoms with E-state index in [-0.39, 0.29) is 12.8 Å². The van der Waals surface area contributed by atoms with Gasteiger partial charge in [0.1, 0.15) is 12.3 Å². The van der Waals surface area contributed by atoms with Gasteiger partial charge in [-0.1, -0.05) is 36.4 Å². The minimum absolute atomic E-state index is 0.177. The number of imidazole rings is 1. The van der Waals surface area contributed by atoms with Crippen LogP contribution in [0, 0.1) is 0 Å². The summed E-state index contributed by atoms with van der Waals surface area (Å²) in [4.78, 5) is 4.45. The van der Waals surface area contributed by atoms with E-state index < -0.39 is 12.2 Å². The van der Waals surface area contributed by atoms with E-state index in [1.54, 1.807) is 6.33 Å². The van der Waals surface area contributed by atoms with Gasteiger partial charge in [-0.3, -0.25) is 0 Å². The minimum atomic E-state index is -0.642. The van der Waals surface area contributed by atoms with Gasteiger partial charge in [0.15, 0.2) is 0 Å². The molecule has 3 aromatic rings. The number of ether oxygens (including phenoxy) is 1. The minimum Gasteiger partial charge on any atom is -0.394 e. The SMILES string of the molecule is OC[C@H]1O[C@@H](n2cnc(-c3ccc4ccccc4c3)c2)C[C@@H]1O. The fourth-order valence-electron chi connectivity index (χ4n) is 3.06. The first-order chi connectivity index (χ1) is 11.2. The lowest BCUT2D eigenvalue weighted by molar-refractivity contribution is -0.0443. The predicted molar refractivity (Wildman–Crippen MR) is 86.8 cm³/mol. The molecule has 5 heteroatoms. The second kappa shape index (κ2) is 5.77. The Kier molecular flexibility index (Phi) is 3.61. The number of fused-ring (bicyclic) bond motifs is 1. The van der Waals surface area contributed by atoms with Crippen LogP contribution in [-0.2, 0) is 4.74 Å². The average Bonchev–Trinajstić information content (AvgIpc) is 3.21. The van der Waals surface area contributed by atoms with Crippen molar-refractivity contribution >= 4 is 10.8 Å². The zero-order valence-electron chi connectivity index (χ0n) is 12.5. The van der Waals surface area contributed by atoms with Crippen molar-refractivity contribution in [3.63, 3.8) is 0 Å². The van der Waals surface area contributed by atoms with Crippen LogP contribution in [0.4, 0.5) is 0 Å². The number of nitrogens with zero attached hydrogens (tertiary/aromatic N) is 2. The molecule has 0 radical (unpaired) electrons. The summed E-state index contributed by atoms with van der Waals surface area (Å²) in [5.41, 5.74) is 1.90. The van der Waals surface area contributed by atoms with Gasteiger partial charge in [-0.15, -0.1) is 0 Å². The molecule has 1 aliphatic rings. The predicted octanol–water partition coefficient (Wildman–Crippen LogP) is 2.34. The third kappa shape index (κ3) is 2.63. The van der Waals surface area contributed by atoms with Gasteiger partial charge >= 0.3 is 0 Å². The van der Waals surface area contributed by atoms with Gasteiger partial charge in [-0.2, -0.15) is 0 Å². The van der Waals surface area contributed by atoms with Crippen molar-refractivity contribution in [1.82, 2.24) is 9.55 Å². The summed E-state index contributed by atoms with van der Waals surface area (Å²) in [5, 5.41) is 21.4. The Bertz CT molecular complexity index is 830. The van der Waals surface area contributed by atoms with E-state index in [2.05, 4.69) is 35.3 Å². The molecule has 0 aliphatic carbocycles. The molecule has 1 aromatic heterocycles. The van der Waals surface area contributed by atoms with Crippen LogP contribution in [0.1, 0.15) is 12.6 Å². The molecule has 118 valence electrons. The number of aliphatic hydroxyl groups is 2. The van der Waals surface area contributed by atoms with E-state index in [1.807, 2.05) is 22.9 Å². The molecule has 1 saturated heterocycles. The van der Waals surface area contributed by atoms with Crippen LogP contribution in [0.15, 0.2) is 55.0 Å². The van der Waals surface area contributed by atoms with Crippen molar-refractivity contribution < 1.29 is 14.9 Å². The molecule has 0 amide bonds. The number of hydrogen-bond acceptors (Lipinski definition) is 4. The van der Waals surface area contributed by atoms with Gasteiger partial charge in [0, 0.05) is 18.2 Å². The third-order valence-corrected chi connectivity index (χ3v) is 4.36. The van der Waals surface area contributed by atoms with E-state index in [9.17, 15) is 10.2 Å². The molecule has 3 atom stereocenters. The zero-order valence-corrected chi connectivity index (χ0v) is 12.5. The van der Waals surface area contributed by atoms with Crippen molar-refractivity contribution in [2.24, 2.45) is 0 Å². The highest BCUT2D eigenvalue weighted by Crippen LogP contribution is 2.30. The zero-order chi connectivity index (χ0) is 15.8. The lowest BCUT2D eigenvalue weighted by atomic mass is 10.1. The van der Waals surface area contributed by atoms with Gasteiger partial charge in [0.25, 0.3) is 0 Å². The van der Waals surface area contributed by atoms with Crippen LogP contribution in [0.5, 0.6) is 0 Å². The maximum atomic E-state index is 9.84. The first kappa shape index (κ1) is 14.4. The summed E-state index contributed by atoms with van der Waals surface area (Å²) >= 11 is 0. The van der Waals surface area contributed by atoms with E-state index >= 15 is 0 Å². The smallest absolute Gasteiger partial charge is 0.137 e. The molecule has 0 bridgehead atoms. The van der Waals surface area contributed by atoms with Crippen LogP contribution in [0.2, 0.25) is 0 Å². The standard InChI is InChI=1S/C18H18N2O3/c21-10-17-16(22)8-18(23-17)20-9-15(19-11-20)14-6-5-12-3-1-2-4-13(12)7-14/h1-7,9,11,16-18,21-22H,8,10H2/t16-,17+,18+/m0/s1. The molecule has 5 nitrogen and oxygen atoms in total. The molecular weight excluding hydrogens is 292 g/mol. The van der Waals surface area contributed by atoms with Crippen molar-refractivity contribution in [3.05, 3.63) is 55.0 Å². The maximum Gasteiger partial charge on any atom is 0.137 e. The van der Waals surface area contributed by atoms with Crippen LogP contribution in [-0.4, -0.2) is 38.6 Å². The lowest BCUT2D eigenvalue weighted by Crippen LogP contribution is -2.24. The van der Waals surface area contributed by atoms with E-state index in [1.165, 1.54) is 10.8 Å². The highest BCUT2D eigenvalue weighted by molar-refractivity contribution is 5.86. The highest BCUT2D eigenvalue weighted by atomic mass is 16.5. The van der Waals surface area contributed by atoms with Gasteiger partial charge < -0.3 is 19.5 Å². The topological polar surface area (TPSA) is 67.5 Å². The second-order valence-electron chi connectivity index (χ2n) is 5.88. The number of aliphatic hydroxyl groups excluding tert-OH is 2. The molecule has 2 N–H and O–H groups in total. The van der Waals surface area contributed by atoms with Gasteiger partial charge in [-0.05, 0) is 16.8 Å². The number of rotatable bonds is 3. The Balaban J connectivity index is 1.62. The van der Waals surface area contributed by atoms with Crippen molar-refractivity contribution in [1.29, 1.82) is 0 Å². The van der Waals surface area contributed by atoms with E-state index in [4.69, 9.17) is 4.74 Å². The highest BCUT2D eigenvalue weighted by Gasteiger charge is 2.34. The summed E-state index contributed by atoms with van der Waals surface area (Å²) < 4.78 is 7.50. The largest absolute Gasteiger partial charge is 0.394 e. The first-order valence-corrected chi connectivity index (χ1v) is 7.71. The molecule has 2 aromatic carbocycles. The summed E-state index contributed by atoms with van der Waals surface area (Å²) in [5.74, 6) is 0. The Hall–Kier alpha value is -2.21. The molecule has 0 saturated carbocycles. The van der Waals surface area contributed by atoms with E-state index in [0.717, 1.165) is 11.3 Å². The number of aromatic nitrogens is 2. The number of benzene rings is 2. The average molecular weight is 310 g/mol. The number of hydrogen-bond donors (Lipinski definition) is 2. The molecule has 2 heterocycles. The van der Waals surface area contributed by atoms with Crippen molar-refractivity contribution in [2.75, 3.05) is 6.61 Å². The normalized spacial score (nSPS) is 24.3. The van der Waals surface area contributed by atoms with Crippen LogP contribution in [0.3, 0.4) is 0 Å². The summed E-state index contributed by atoms with van der Waals surface area (Å²) in [6, 6.07) is 14.5. The van der Waals surface area contributed by atoms with Crippen LogP contribution < -0.4 is 0 Å². The maximum absolute atomic E-state index is 9.84. The Labute approximate surface area is 133 Å². The monoisotopic (exact) mass is 310 g/mol. The van der Waals surface area contributed by atoms with Gasteiger partial charge in [0.05, 0.1) is 24.7 Å². The van der Waals surface area contributed by atoms with Gasteiger partial charge in [0.2, 0.25) is 0 Å². The van der Waals surface area contributed by atoms with Crippen LogP contribution >= 0.6 is 0 Å². The lowest BCUT2D eigenvalue weighted by Gasteiger charge is -2.12. The Morgan fingerprint density at radius 2 is 2.00 bits per heavy atom. The molecule has 4 rings (SSSR count). The molecule has 23 heavy (non-hydrogen) atoms. The molecule has 0 spiro atoms. The summed E-state index contributed by atoms with van der Waals surface area (Å²) in [6.07, 6.45) is 2.63. The fourth-order valence-corrected chi connectivity index (χ4v) is 3.06. The summed E-state index contributed by atoms with van der Waals surface area (Å²) in [6.45, 7) is -0.177. The Morgan fingerprint density at radius 3 is 2.78 bits per heavy atom. The quantitative estimate of drug-likeness (QED) is 0.779. The molecule has 0 unspecified atom stereocenters.